The van der Waals surface area contributed by atoms with E-state index in [1.54, 1.807) is 0 Å². The average molecular weight is 777 g/mol. The van der Waals surface area contributed by atoms with Gasteiger partial charge in [0.2, 0.25) is 0 Å². The summed E-state index contributed by atoms with van der Waals surface area (Å²) in [4.78, 5) is 16.0. The molecule has 0 amide bonds. The van der Waals surface area contributed by atoms with E-state index in [1.165, 1.54) is 38.0 Å². The highest BCUT2D eigenvalue weighted by Gasteiger charge is 2.20. The highest BCUT2D eigenvalue weighted by Crippen LogP contribution is 2.41. The van der Waals surface area contributed by atoms with Crippen molar-refractivity contribution in [1.29, 1.82) is 0 Å². The molecule has 0 spiro atoms. The first-order valence-corrected chi connectivity index (χ1v) is 20.7. The summed E-state index contributed by atoms with van der Waals surface area (Å²) in [5, 5.41) is 9.35. The first-order valence-electron chi connectivity index (χ1n) is 20.7. The van der Waals surface area contributed by atoms with E-state index in [2.05, 4.69) is 217 Å². The lowest BCUT2D eigenvalue weighted by molar-refractivity contribution is 1.08. The van der Waals surface area contributed by atoms with Crippen LogP contribution >= 0.6 is 0 Å². The summed E-state index contributed by atoms with van der Waals surface area (Å²) in [6.07, 6.45) is 0. The molecule has 0 aliphatic heterocycles. The van der Waals surface area contributed by atoms with Crippen LogP contribution in [0.15, 0.2) is 218 Å². The van der Waals surface area contributed by atoms with Crippen LogP contribution in [0.2, 0.25) is 0 Å². The van der Waals surface area contributed by atoms with Crippen molar-refractivity contribution in [2.45, 2.75) is 0 Å². The van der Waals surface area contributed by atoms with Crippen molar-refractivity contribution in [3.63, 3.8) is 0 Å². The maximum absolute atomic E-state index is 5.41. The van der Waals surface area contributed by atoms with Gasteiger partial charge in [-0.2, -0.15) is 0 Å². The average Bonchev–Trinajstić information content (AvgIpc) is 3.68. The molecule has 0 fully saturated rings. The number of hydrogen-bond donors (Lipinski definition) is 0. The maximum Gasteiger partial charge on any atom is 0.165 e. The van der Waals surface area contributed by atoms with Crippen molar-refractivity contribution in [2.75, 3.05) is 0 Å². The highest BCUT2D eigenvalue weighted by molar-refractivity contribution is 6.19. The second-order valence-corrected chi connectivity index (χ2v) is 15.6. The molecule has 4 nitrogen and oxygen atoms in total. The summed E-state index contributed by atoms with van der Waals surface area (Å²) in [5.74, 6) is 1.88. The predicted octanol–water partition coefficient (Wildman–Crippen LogP) is 14.8. The summed E-state index contributed by atoms with van der Waals surface area (Å²) in [7, 11) is 0. The van der Waals surface area contributed by atoms with Crippen LogP contribution in [0.25, 0.3) is 116 Å². The van der Waals surface area contributed by atoms with Gasteiger partial charge < -0.3 is 4.57 Å². The van der Waals surface area contributed by atoms with Gasteiger partial charge in [0.25, 0.3) is 0 Å². The third-order valence-corrected chi connectivity index (χ3v) is 12.0. The highest BCUT2D eigenvalue weighted by atomic mass is 15.0. The summed E-state index contributed by atoms with van der Waals surface area (Å²) >= 11 is 0. The Labute approximate surface area is 352 Å². The molecule has 4 heteroatoms. The monoisotopic (exact) mass is 776 g/mol. The van der Waals surface area contributed by atoms with Crippen LogP contribution in [0, 0.1) is 0 Å². The van der Waals surface area contributed by atoms with Gasteiger partial charge in [0.1, 0.15) is 0 Å². The Kier molecular flexibility index (Phi) is 8.13. The molecule has 0 aliphatic rings. The van der Waals surface area contributed by atoms with Gasteiger partial charge in [-0.15, -0.1) is 0 Å². The molecule has 0 saturated carbocycles. The van der Waals surface area contributed by atoms with Gasteiger partial charge in [0.05, 0.1) is 11.0 Å². The number of aromatic nitrogens is 4. The van der Waals surface area contributed by atoms with E-state index >= 15 is 0 Å². The molecule has 10 aromatic carbocycles. The molecule has 284 valence electrons. The van der Waals surface area contributed by atoms with E-state index in [0.717, 1.165) is 60.7 Å². The van der Waals surface area contributed by atoms with E-state index in [0.29, 0.717) is 17.5 Å². The maximum atomic E-state index is 5.41. The lowest BCUT2D eigenvalue weighted by atomic mass is 9.93. The fraction of sp³-hybridized carbons (Fsp3) is 0. The molecule has 2 heterocycles. The second-order valence-electron chi connectivity index (χ2n) is 15.6. The fourth-order valence-electron chi connectivity index (χ4n) is 9.17. The molecule has 61 heavy (non-hydrogen) atoms. The molecule has 0 radical (unpaired) electrons. The number of para-hydroxylation sites is 3. The summed E-state index contributed by atoms with van der Waals surface area (Å²) < 4.78 is 2.39. The molecule has 0 bridgehead atoms. The topological polar surface area (TPSA) is 43.6 Å². The van der Waals surface area contributed by atoms with Crippen LogP contribution in [-0.2, 0) is 0 Å². The zero-order valence-electron chi connectivity index (χ0n) is 33.1. The molecule has 0 atom stereocenters. The van der Waals surface area contributed by atoms with Gasteiger partial charge in [-0.25, -0.2) is 15.0 Å². The molecule has 0 unspecified atom stereocenters. The normalized spacial score (nSPS) is 11.6. The van der Waals surface area contributed by atoms with Gasteiger partial charge in [0, 0.05) is 38.7 Å². The Hall–Kier alpha value is -8.21. The molecule has 0 saturated heterocycles. The van der Waals surface area contributed by atoms with Gasteiger partial charge in [-0.3, -0.25) is 0 Å². The molecule has 12 aromatic rings. The van der Waals surface area contributed by atoms with Crippen molar-refractivity contribution in [1.82, 2.24) is 19.5 Å². The van der Waals surface area contributed by atoms with Crippen molar-refractivity contribution < 1.29 is 0 Å². The lowest BCUT2D eigenvalue weighted by Gasteiger charge is -2.15. The van der Waals surface area contributed by atoms with Crippen molar-refractivity contribution in [3.05, 3.63) is 218 Å². The zero-order valence-corrected chi connectivity index (χ0v) is 33.1. The quantitative estimate of drug-likeness (QED) is 0.125. The van der Waals surface area contributed by atoms with E-state index < -0.39 is 0 Å². The number of fused-ring (bicyclic) bond motifs is 7. The Bertz CT molecular complexity index is 3630. The lowest BCUT2D eigenvalue weighted by Crippen LogP contribution is -2.01. The molecule has 0 N–H and O–H groups in total. The second kappa shape index (κ2) is 14.3. The first kappa shape index (κ1) is 34.8. The minimum Gasteiger partial charge on any atom is -0.309 e. The molecule has 2 aromatic heterocycles. The van der Waals surface area contributed by atoms with Crippen LogP contribution in [0.4, 0.5) is 0 Å². The number of hydrogen-bond acceptors (Lipinski definition) is 3. The minimum absolute atomic E-state index is 0.617. The van der Waals surface area contributed by atoms with Crippen LogP contribution < -0.4 is 0 Å². The molecular formula is C57H36N4. The first-order chi connectivity index (χ1) is 30.2. The Balaban J connectivity index is 1.09. The summed E-state index contributed by atoms with van der Waals surface area (Å²) in [5.41, 5.74) is 10.8. The summed E-state index contributed by atoms with van der Waals surface area (Å²) in [6.45, 7) is 0. The third kappa shape index (κ3) is 5.88. The van der Waals surface area contributed by atoms with Gasteiger partial charge in [-0.1, -0.05) is 188 Å². The van der Waals surface area contributed by atoms with Crippen LogP contribution in [0.5, 0.6) is 0 Å². The van der Waals surface area contributed by atoms with E-state index in [4.69, 9.17) is 15.0 Å². The molecule has 0 aliphatic carbocycles. The molecule has 12 rings (SSSR count). The molecular weight excluding hydrogens is 741 g/mol. The van der Waals surface area contributed by atoms with Crippen LogP contribution in [-0.4, -0.2) is 19.5 Å². The third-order valence-electron chi connectivity index (χ3n) is 12.0. The van der Waals surface area contributed by atoms with Gasteiger partial charge in [-0.05, 0) is 79.3 Å². The van der Waals surface area contributed by atoms with Gasteiger partial charge >= 0.3 is 0 Å². The Morgan fingerprint density at radius 1 is 0.295 bits per heavy atom. The van der Waals surface area contributed by atoms with Crippen molar-refractivity contribution in [2.24, 2.45) is 0 Å². The minimum atomic E-state index is 0.617. The fourth-order valence-corrected chi connectivity index (χ4v) is 9.17. The van der Waals surface area contributed by atoms with E-state index in [-0.39, 0.29) is 0 Å². The van der Waals surface area contributed by atoms with Crippen LogP contribution in [0.3, 0.4) is 0 Å². The van der Waals surface area contributed by atoms with Crippen molar-refractivity contribution in [3.8, 4) is 62.1 Å². The standard InChI is InChI=1S/C57H36N4/c1-3-15-37(16-4-1)38-29-31-40(32-30-38)55-58-56(60-57(59-55)53-46-24-10-8-18-42(46)36-51-45-23-9-7-17-39(45)33-34-49(51)53)43-20-13-19-41(35-43)47-26-14-27-50-48-25-11-12-28-52(48)61(54(47)50)44-21-5-2-6-22-44/h1-36H. The number of nitrogens with zero attached hydrogens (tertiary/aromatic N) is 4. The SMILES string of the molecule is c1ccc(-c2ccc(-c3nc(-c4cccc(-c5cccc6c7ccccc7n(-c7ccccc7)c56)c4)nc(-c4c5ccccc5cc5c4ccc4ccccc45)n3)cc2)cc1. The van der Waals surface area contributed by atoms with Crippen LogP contribution in [0.1, 0.15) is 0 Å². The largest absolute Gasteiger partial charge is 0.309 e. The van der Waals surface area contributed by atoms with E-state index in [1.807, 2.05) is 6.07 Å². The summed E-state index contributed by atoms with van der Waals surface area (Å²) in [6, 6.07) is 77.5. The Morgan fingerprint density at radius 2 is 0.869 bits per heavy atom. The smallest absolute Gasteiger partial charge is 0.165 e. The number of rotatable bonds is 6. The van der Waals surface area contributed by atoms with Crippen molar-refractivity contribution >= 4 is 54.1 Å². The predicted molar refractivity (Wildman–Crippen MR) is 254 cm³/mol. The number of benzene rings is 10. The Morgan fingerprint density at radius 3 is 1.69 bits per heavy atom. The van der Waals surface area contributed by atoms with Gasteiger partial charge in [0.15, 0.2) is 17.5 Å². The zero-order chi connectivity index (χ0) is 40.3. The van der Waals surface area contributed by atoms with E-state index in [9.17, 15) is 0 Å².